The van der Waals surface area contributed by atoms with Gasteiger partial charge in [0.05, 0.1) is 16.2 Å². The van der Waals surface area contributed by atoms with Gasteiger partial charge in [0.25, 0.3) is 0 Å². The minimum absolute atomic E-state index is 0.376. The number of halogens is 1. The Balaban J connectivity index is 0.000000212. The van der Waals surface area contributed by atoms with Crippen molar-refractivity contribution in [1.29, 1.82) is 0 Å². The van der Waals surface area contributed by atoms with Crippen LogP contribution in [0.1, 0.15) is 25.2 Å². The molecule has 4 aromatic rings. The Morgan fingerprint density at radius 1 is 1.00 bits per heavy atom. The molecule has 31 heavy (non-hydrogen) atoms. The van der Waals surface area contributed by atoms with Gasteiger partial charge in [-0.1, -0.05) is 35.9 Å². The predicted octanol–water partition coefficient (Wildman–Crippen LogP) is 4.81. The standard InChI is InChI=1S/C16H15ClN4O.C8H9N/c1-16(2,22)15-20-6-10(7-21-15)9-3-4-13-11(5-9)14(18)12(17)8-19-13;1-2-4-8-7(3-1)5-6-9-8/h3-8,22H,1-2H3,(H2,18,19);1-4,9H,5-6H2. The summed E-state index contributed by atoms with van der Waals surface area (Å²) in [4.78, 5) is 12.7. The molecular formula is C24H24ClN5O. The van der Waals surface area contributed by atoms with Crippen molar-refractivity contribution in [2.75, 3.05) is 17.6 Å². The Morgan fingerprint density at radius 3 is 2.45 bits per heavy atom. The molecule has 0 aliphatic carbocycles. The number of rotatable bonds is 2. The van der Waals surface area contributed by atoms with Crippen LogP contribution in [0.3, 0.4) is 0 Å². The first-order valence-electron chi connectivity index (χ1n) is 10.0. The van der Waals surface area contributed by atoms with Crippen LogP contribution in [0.25, 0.3) is 22.0 Å². The zero-order chi connectivity index (χ0) is 22.0. The number of aromatic nitrogens is 3. The minimum atomic E-state index is -1.07. The van der Waals surface area contributed by atoms with E-state index in [1.54, 1.807) is 32.4 Å². The van der Waals surface area contributed by atoms with Crippen molar-refractivity contribution in [2.45, 2.75) is 25.9 Å². The van der Waals surface area contributed by atoms with E-state index < -0.39 is 5.60 Å². The van der Waals surface area contributed by atoms with E-state index in [1.807, 2.05) is 18.2 Å². The fourth-order valence-electron chi connectivity index (χ4n) is 3.40. The molecule has 0 spiro atoms. The number of hydrogen-bond acceptors (Lipinski definition) is 6. The molecule has 1 aliphatic rings. The van der Waals surface area contributed by atoms with Crippen LogP contribution in [0.15, 0.2) is 61.1 Å². The summed E-state index contributed by atoms with van der Waals surface area (Å²) in [6, 6.07) is 14.2. The summed E-state index contributed by atoms with van der Waals surface area (Å²) in [5.74, 6) is 0.376. The highest BCUT2D eigenvalue weighted by atomic mass is 35.5. The fraction of sp³-hybridized carbons (Fsp3) is 0.208. The fourth-order valence-corrected chi connectivity index (χ4v) is 3.55. The molecule has 1 aliphatic heterocycles. The van der Waals surface area contributed by atoms with Crippen molar-refractivity contribution < 1.29 is 5.11 Å². The first kappa shape index (κ1) is 21.0. The average Bonchev–Trinajstić information content (AvgIpc) is 3.25. The summed E-state index contributed by atoms with van der Waals surface area (Å²) < 4.78 is 0. The Kier molecular flexibility index (Phi) is 5.76. The van der Waals surface area contributed by atoms with Gasteiger partial charge >= 0.3 is 0 Å². The van der Waals surface area contributed by atoms with E-state index in [0.29, 0.717) is 16.5 Å². The number of nitrogens with zero attached hydrogens (tertiary/aromatic N) is 3. The topological polar surface area (TPSA) is 97.0 Å². The molecule has 0 saturated heterocycles. The lowest BCUT2D eigenvalue weighted by Gasteiger charge is -2.15. The lowest BCUT2D eigenvalue weighted by molar-refractivity contribution is 0.0687. The predicted molar refractivity (Wildman–Crippen MR) is 126 cm³/mol. The Morgan fingerprint density at radius 2 is 1.74 bits per heavy atom. The second-order valence-electron chi connectivity index (χ2n) is 7.94. The lowest BCUT2D eigenvalue weighted by Crippen LogP contribution is -2.19. The number of nitrogens with two attached hydrogens (primary N) is 1. The van der Waals surface area contributed by atoms with E-state index in [0.717, 1.165) is 28.6 Å². The molecule has 0 radical (unpaired) electrons. The molecule has 2 aromatic carbocycles. The molecule has 158 valence electrons. The monoisotopic (exact) mass is 433 g/mol. The summed E-state index contributed by atoms with van der Waals surface area (Å²) in [6.07, 6.45) is 6.08. The van der Waals surface area contributed by atoms with Crippen LogP contribution in [0, 0.1) is 0 Å². The molecule has 6 nitrogen and oxygen atoms in total. The number of pyridine rings is 1. The highest BCUT2D eigenvalue weighted by molar-refractivity contribution is 6.34. The van der Waals surface area contributed by atoms with Gasteiger partial charge in [0, 0.05) is 41.8 Å². The molecule has 0 amide bonds. The lowest BCUT2D eigenvalue weighted by atomic mass is 10.0. The molecule has 0 bridgehead atoms. The Hall–Kier alpha value is -3.22. The molecule has 7 heteroatoms. The SMILES string of the molecule is CC(C)(O)c1ncc(-c2ccc3ncc(Cl)c(N)c3c2)cn1.c1ccc2c(c1)CCN2. The van der Waals surface area contributed by atoms with E-state index in [9.17, 15) is 5.11 Å². The first-order valence-corrected chi connectivity index (χ1v) is 10.4. The van der Waals surface area contributed by atoms with Crippen LogP contribution in [-0.4, -0.2) is 26.6 Å². The highest BCUT2D eigenvalue weighted by Gasteiger charge is 2.19. The number of nitrogens with one attached hydrogen (secondary N) is 1. The maximum Gasteiger partial charge on any atom is 0.159 e. The van der Waals surface area contributed by atoms with Crippen molar-refractivity contribution in [3.05, 3.63) is 77.5 Å². The van der Waals surface area contributed by atoms with E-state index >= 15 is 0 Å². The van der Waals surface area contributed by atoms with Crippen LogP contribution in [0.5, 0.6) is 0 Å². The molecule has 5 rings (SSSR count). The zero-order valence-corrected chi connectivity index (χ0v) is 18.2. The van der Waals surface area contributed by atoms with E-state index in [1.165, 1.54) is 17.7 Å². The summed E-state index contributed by atoms with van der Waals surface area (Å²) in [5, 5.41) is 14.4. The molecular weight excluding hydrogens is 410 g/mol. The smallest absolute Gasteiger partial charge is 0.159 e. The van der Waals surface area contributed by atoms with Gasteiger partial charge in [0.1, 0.15) is 5.60 Å². The summed E-state index contributed by atoms with van der Waals surface area (Å²) in [6.45, 7) is 4.40. The van der Waals surface area contributed by atoms with Gasteiger partial charge in [-0.05, 0) is 49.6 Å². The largest absolute Gasteiger partial charge is 0.397 e. The van der Waals surface area contributed by atoms with Crippen LogP contribution in [0.4, 0.5) is 11.4 Å². The quantitative estimate of drug-likeness (QED) is 0.419. The maximum atomic E-state index is 9.89. The van der Waals surface area contributed by atoms with Crippen molar-refractivity contribution in [1.82, 2.24) is 15.0 Å². The number of aliphatic hydroxyl groups is 1. The average molecular weight is 434 g/mol. The summed E-state index contributed by atoms with van der Waals surface area (Å²) in [5.41, 5.74) is 10.7. The van der Waals surface area contributed by atoms with E-state index in [4.69, 9.17) is 17.3 Å². The highest BCUT2D eigenvalue weighted by Crippen LogP contribution is 2.30. The summed E-state index contributed by atoms with van der Waals surface area (Å²) in [7, 11) is 0. The Labute approximate surface area is 186 Å². The van der Waals surface area contributed by atoms with Gasteiger partial charge in [0.2, 0.25) is 0 Å². The van der Waals surface area contributed by atoms with Gasteiger partial charge in [-0.3, -0.25) is 4.98 Å². The number of nitrogen functional groups attached to an aromatic ring is 1. The molecule has 0 saturated carbocycles. The molecule has 4 N–H and O–H groups in total. The molecule has 0 atom stereocenters. The summed E-state index contributed by atoms with van der Waals surface area (Å²) >= 11 is 6.02. The first-order chi connectivity index (χ1) is 14.8. The van der Waals surface area contributed by atoms with Gasteiger partial charge in [-0.15, -0.1) is 0 Å². The van der Waals surface area contributed by atoms with Gasteiger partial charge in [-0.25, -0.2) is 9.97 Å². The van der Waals surface area contributed by atoms with Gasteiger partial charge in [-0.2, -0.15) is 0 Å². The normalized spacial score (nSPS) is 12.6. The van der Waals surface area contributed by atoms with E-state index in [2.05, 4.69) is 44.5 Å². The van der Waals surface area contributed by atoms with E-state index in [-0.39, 0.29) is 0 Å². The zero-order valence-electron chi connectivity index (χ0n) is 17.4. The third-order valence-corrected chi connectivity index (χ3v) is 5.42. The third kappa shape index (κ3) is 4.60. The second kappa shape index (κ2) is 8.49. The van der Waals surface area contributed by atoms with Crippen LogP contribution >= 0.6 is 11.6 Å². The van der Waals surface area contributed by atoms with Crippen molar-refractivity contribution in [2.24, 2.45) is 0 Å². The minimum Gasteiger partial charge on any atom is -0.397 e. The van der Waals surface area contributed by atoms with Gasteiger partial charge < -0.3 is 16.2 Å². The third-order valence-electron chi connectivity index (χ3n) is 5.12. The second-order valence-corrected chi connectivity index (χ2v) is 8.35. The van der Waals surface area contributed by atoms with Gasteiger partial charge in [0.15, 0.2) is 5.82 Å². The number of anilines is 2. The Bertz CT molecular complexity index is 1200. The molecule has 0 unspecified atom stereocenters. The molecule has 3 heterocycles. The van der Waals surface area contributed by atoms with Crippen LogP contribution in [-0.2, 0) is 12.0 Å². The number of benzene rings is 2. The van der Waals surface area contributed by atoms with Crippen LogP contribution < -0.4 is 11.1 Å². The number of para-hydroxylation sites is 1. The number of hydrogen-bond donors (Lipinski definition) is 3. The molecule has 2 aromatic heterocycles. The number of fused-ring (bicyclic) bond motifs is 2. The van der Waals surface area contributed by atoms with Crippen molar-refractivity contribution >= 4 is 33.9 Å². The maximum absolute atomic E-state index is 9.89. The molecule has 0 fully saturated rings. The van der Waals surface area contributed by atoms with Crippen molar-refractivity contribution in [3.8, 4) is 11.1 Å². The van der Waals surface area contributed by atoms with Crippen molar-refractivity contribution in [3.63, 3.8) is 0 Å². The van der Waals surface area contributed by atoms with Crippen LogP contribution in [0.2, 0.25) is 5.02 Å².